The fourth-order valence-corrected chi connectivity index (χ4v) is 11.3. The first-order valence-corrected chi connectivity index (χ1v) is 32.5. The molecular formula is C64H127N3O3. The fraction of sp³-hybridized carbons (Fsp3) is 0.969. The van der Waals surface area contributed by atoms with Gasteiger partial charge < -0.3 is 14.9 Å². The highest BCUT2D eigenvalue weighted by molar-refractivity contribution is 5.76. The van der Waals surface area contributed by atoms with Crippen LogP contribution >= 0.6 is 0 Å². The van der Waals surface area contributed by atoms with E-state index in [1.165, 1.54) is 263 Å². The van der Waals surface area contributed by atoms with E-state index in [0.29, 0.717) is 17.9 Å². The van der Waals surface area contributed by atoms with Gasteiger partial charge in [0.2, 0.25) is 11.8 Å². The summed E-state index contributed by atoms with van der Waals surface area (Å²) in [4.78, 5) is 34.3. The molecule has 0 spiro atoms. The monoisotopic (exact) mass is 986 g/mol. The van der Waals surface area contributed by atoms with Crippen LogP contribution in [0.4, 0.5) is 0 Å². The molecule has 0 aromatic heterocycles. The van der Waals surface area contributed by atoms with Gasteiger partial charge in [0, 0.05) is 45.1 Å². The van der Waals surface area contributed by atoms with E-state index in [9.17, 15) is 14.7 Å². The van der Waals surface area contributed by atoms with E-state index in [1.807, 2.05) is 0 Å². The number of aliphatic hydroxyl groups excluding tert-OH is 1. The number of aliphatic hydroxyl groups is 1. The van der Waals surface area contributed by atoms with Gasteiger partial charge in [0.25, 0.3) is 0 Å². The Morgan fingerprint density at radius 2 is 0.557 bits per heavy atom. The van der Waals surface area contributed by atoms with Crippen LogP contribution < -0.4 is 0 Å². The molecule has 0 aliphatic heterocycles. The lowest BCUT2D eigenvalue weighted by Gasteiger charge is -2.36. The molecular weight excluding hydrogens is 859 g/mol. The van der Waals surface area contributed by atoms with E-state index < -0.39 is 0 Å². The number of nitrogens with zero attached hydrogens (tertiary/aromatic N) is 3. The average Bonchev–Trinajstić information content (AvgIpc) is 3.35. The number of hydrogen-bond donors (Lipinski definition) is 1. The number of carbonyl (C=O) groups is 2. The van der Waals surface area contributed by atoms with E-state index in [0.717, 1.165) is 97.1 Å². The first-order valence-electron chi connectivity index (χ1n) is 32.5. The van der Waals surface area contributed by atoms with Crippen molar-refractivity contribution in [1.29, 1.82) is 0 Å². The van der Waals surface area contributed by atoms with Crippen LogP contribution in [0.15, 0.2) is 0 Å². The van der Waals surface area contributed by atoms with E-state index in [-0.39, 0.29) is 6.10 Å². The molecule has 0 aromatic carbocycles. The lowest BCUT2D eigenvalue weighted by atomic mass is 9.92. The van der Waals surface area contributed by atoms with Gasteiger partial charge in [0.1, 0.15) is 0 Å². The molecule has 1 aliphatic carbocycles. The van der Waals surface area contributed by atoms with Crippen molar-refractivity contribution >= 4 is 11.8 Å². The highest BCUT2D eigenvalue weighted by Crippen LogP contribution is 2.24. The molecule has 2 amide bonds. The van der Waals surface area contributed by atoms with E-state index in [1.54, 1.807) is 0 Å². The van der Waals surface area contributed by atoms with Gasteiger partial charge in [-0.3, -0.25) is 14.5 Å². The predicted molar refractivity (Wildman–Crippen MR) is 308 cm³/mol. The Morgan fingerprint density at radius 3 is 0.857 bits per heavy atom. The van der Waals surface area contributed by atoms with Gasteiger partial charge in [-0.15, -0.1) is 0 Å². The van der Waals surface area contributed by atoms with Crippen molar-refractivity contribution in [1.82, 2.24) is 14.7 Å². The zero-order chi connectivity index (χ0) is 50.6. The van der Waals surface area contributed by atoms with Crippen molar-refractivity contribution in [3.63, 3.8) is 0 Å². The van der Waals surface area contributed by atoms with Crippen LogP contribution in [-0.4, -0.2) is 83.0 Å². The first-order chi connectivity index (χ1) is 34.5. The third kappa shape index (κ3) is 41.2. The van der Waals surface area contributed by atoms with Gasteiger partial charge in [-0.25, -0.2) is 0 Å². The summed E-state index contributed by atoms with van der Waals surface area (Å²) in [6.45, 7) is 15.2. The van der Waals surface area contributed by atoms with Crippen LogP contribution in [0, 0.1) is 0 Å². The second-order valence-corrected chi connectivity index (χ2v) is 22.9. The smallest absolute Gasteiger partial charge is 0.222 e. The summed E-state index contributed by atoms with van der Waals surface area (Å²) in [6.07, 6.45) is 62.1. The lowest BCUT2D eigenvalue weighted by Crippen LogP contribution is -2.45. The SMILES string of the molecule is CCCCCCCCCCN(CCCCCCCCCC)C(=O)CCCCCCCN(CCCCCCCC(=O)N(CCCCCCCCCC)CCCCCCCCCC)[C@@H]1CCCCCC[C@H]1O. The second-order valence-electron chi connectivity index (χ2n) is 22.9. The summed E-state index contributed by atoms with van der Waals surface area (Å²) in [5.74, 6) is 0.819. The van der Waals surface area contributed by atoms with Crippen molar-refractivity contribution in [2.24, 2.45) is 0 Å². The summed E-state index contributed by atoms with van der Waals surface area (Å²) in [6, 6.07) is 0.303. The molecule has 0 aromatic rings. The third-order valence-electron chi connectivity index (χ3n) is 16.2. The molecule has 6 nitrogen and oxygen atoms in total. The highest BCUT2D eigenvalue weighted by Gasteiger charge is 2.26. The number of unbranched alkanes of at least 4 members (excludes halogenated alkanes) is 36. The maximum Gasteiger partial charge on any atom is 0.222 e. The lowest BCUT2D eigenvalue weighted by molar-refractivity contribution is -0.132. The van der Waals surface area contributed by atoms with Crippen LogP contribution in [0.1, 0.15) is 349 Å². The molecule has 1 saturated carbocycles. The minimum atomic E-state index is -0.198. The fourth-order valence-electron chi connectivity index (χ4n) is 11.3. The molecule has 6 heteroatoms. The molecule has 1 aliphatic rings. The van der Waals surface area contributed by atoms with Gasteiger partial charge in [-0.05, 0) is 77.3 Å². The molecule has 0 radical (unpaired) electrons. The van der Waals surface area contributed by atoms with E-state index in [4.69, 9.17) is 0 Å². The van der Waals surface area contributed by atoms with Crippen molar-refractivity contribution in [3.8, 4) is 0 Å². The summed E-state index contributed by atoms with van der Waals surface area (Å²) in [5, 5.41) is 11.4. The van der Waals surface area contributed by atoms with Crippen molar-refractivity contribution in [3.05, 3.63) is 0 Å². The van der Waals surface area contributed by atoms with Gasteiger partial charge in [0.05, 0.1) is 6.10 Å². The Labute approximate surface area is 439 Å². The Morgan fingerprint density at radius 1 is 0.314 bits per heavy atom. The average molecular weight is 987 g/mol. The van der Waals surface area contributed by atoms with Crippen LogP contribution in [0.3, 0.4) is 0 Å². The van der Waals surface area contributed by atoms with E-state index in [2.05, 4.69) is 42.4 Å². The Kier molecular flexibility index (Phi) is 50.4. The third-order valence-corrected chi connectivity index (χ3v) is 16.2. The zero-order valence-electron chi connectivity index (χ0n) is 48.4. The summed E-state index contributed by atoms with van der Waals surface area (Å²) in [5.41, 5.74) is 0. The molecule has 1 rings (SSSR count). The van der Waals surface area contributed by atoms with Gasteiger partial charge in [-0.2, -0.15) is 0 Å². The molecule has 1 N–H and O–H groups in total. The highest BCUT2D eigenvalue weighted by atomic mass is 16.3. The molecule has 2 atom stereocenters. The van der Waals surface area contributed by atoms with Gasteiger partial charge >= 0.3 is 0 Å². The minimum Gasteiger partial charge on any atom is -0.391 e. The number of hydrogen-bond acceptors (Lipinski definition) is 4. The molecule has 416 valence electrons. The maximum absolute atomic E-state index is 13.5. The maximum atomic E-state index is 13.5. The molecule has 0 saturated heterocycles. The molecule has 0 unspecified atom stereocenters. The molecule has 70 heavy (non-hydrogen) atoms. The van der Waals surface area contributed by atoms with E-state index >= 15 is 0 Å². The Hall–Kier alpha value is -1.14. The Balaban J connectivity index is 2.53. The zero-order valence-corrected chi connectivity index (χ0v) is 48.4. The second kappa shape index (κ2) is 52.7. The number of rotatable bonds is 53. The summed E-state index contributed by atoms with van der Waals surface area (Å²) >= 11 is 0. The van der Waals surface area contributed by atoms with Crippen LogP contribution in [-0.2, 0) is 9.59 Å². The molecule has 0 bridgehead atoms. The van der Waals surface area contributed by atoms with Gasteiger partial charge in [-0.1, -0.05) is 272 Å². The number of carbonyl (C=O) groups excluding carboxylic acids is 2. The standard InChI is InChI=1S/C64H127N3O3/c1-5-9-13-17-21-25-35-47-57-66(58-48-36-26-22-18-14-10-6-2)63(69)53-43-31-29-39-45-55-65(61-51-41-33-34-42-52-62(61)68)56-46-40-30-32-44-54-64(70)67(59-49-37-27-23-19-15-11-7-3)60-50-38-28-24-20-16-12-8-4/h61-62,68H,5-60H2,1-4H3/t61-,62-/m1/s1. The topological polar surface area (TPSA) is 64.1 Å². The predicted octanol–water partition coefficient (Wildman–Crippen LogP) is 19.3. The van der Waals surface area contributed by atoms with Crippen LogP contribution in [0.25, 0.3) is 0 Å². The minimum absolute atomic E-state index is 0.198. The van der Waals surface area contributed by atoms with Gasteiger partial charge in [0.15, 0.2) is 0 Å². The molecule has 0 heterocycles. The van der Waals surface area contributed by atoms with Crippen molar-refractivity contribution in [2.45, 2.75) is 361 Å². The van der Waals surface area contributed by atoms with Crippen molar-refractivity contribution in [2.75, 3.05) is 39.3 Å². The van der Waals surface area contributed by atoms with Crippen molar-refractivity contribution < 1.29 is 14.7 Å². The first kappa shape index (κ1) is 66.9. The quantitative estimate of drug-likeness (QED) is 0.0617. The van der Waals surface area contributed by atoms with Crippen LogP contribution in [0.2, 0.25) is 0 Å². The summed E-state index contributed by atoms with van der Waals surface area (Å²) < 4.78 is 0. The largest absolute Gasteiger partial charge is 0.391 e. The number of amides is 2. The Bertz CT molecular complexity index is 976. The normalized spacial score (nSPS) is 15.4. The molecule has 1 fully saturated rings. The summed E-state index contributed by atoms with van der Waals surface area (Å²) in [7, 11) is 0. The van der Waals surface area contributed by atoms with Crippen LogP contribution in [0.5, 0.6) is 0 Å².